The molecule has 3 nitrogen and oxygen atoms in total. The first-order valence-corrected chi connectivity index (χ1v) is 11.6. The third-order valence-electron chi connectivity index (χ3n) is 6.09. The summed E-state index contributed by atoms with van der Waals surface area (Å²) in [6.45, 7) is 17.8. The van der Waals surface area contributed by atoms with Gasteiger partial charge in [-0.1, -0.05) is 41.1 Å². The van der Waals surface area contributed by atoms with E-state index in [9.17, 15) is 0 Å². The predicted molar refractivity (Wildman–Crippen MR) is 144 cm³/mol. The minimum atomic E-state index is 0.749. The van der Waals surface area contributed by atoms with Gasteiger partial charge in [0.1, 0.15) is 0 Å². The number of allylic oxidation sites excluding steroid dienone is 1. The highest BCUT2D eigenvalue weighted by atomic mass is 16.6. The fourth-order valence-electron chi connectivity index (χ4n) is 4.13. The second kappa shape index (κ2) is 10.5. The van der Waals surface area contributed by atoms with Crippen molar-refractivity contribution in [2.45, 2.75) is 55.4 Å². The Labute approximate surface area is 199 Å². The highest BCUT2D eigenvalue weighted by Crippen LogP contribution is 2.39. The molecule has 0 aliphatic rings. The molecule has 3 rings (SSSR count). The molecule has 0 bridgehead atoms. The van der Waals surface area contributed by atoms with Crippen molar-refractivity contribution in [1.29, 1.82) is 0 Å². The second-order valence-corrected chi connectivity index (χ2v) is 9.14. The van der Waals surface area contributed by atoms with E-state index >= 15 is 0 Å². The molecular weight excluding hydrogens is 404 g/mol. The van der Waals surface area contributed by atoms with Gasteiger partial charge in [0.05, 0.1) is 5.71 Å². The maximum atomic E-state index is 5.47. The van der Waals surface area contributed by atoms with Crippen molar-refractivity contribution in [3.63, 3.8) is 0 Å². The molecule has 3 aromatic rings. The van der Waals surface area contributed by atoms with Crippen molar-refractivity contribution in [2.24, 2.45) is 5.16 Å². The van der Waals surface area contributed by atoms with Crippen molar-refractivity contribution >= 4 is 11.4 Å². The highest BCUT2D eigenvalue weighted by Gasteiger charge is 2.17. The van der Waals surface area contributed by atoms with Crippen LogP contribution in [-0.2, 0) is 0 Å². The Balaban J connectivity index is 1.94. The fourth-order valence-corrected chi connectivity index (χ4v) is 4.13. The summed E-state index contributed by atoms with van der Waals surface area (Å²) in [5.74, 6) is 0.749. The number of benzene rings is 3. The van der Waals surface area contributed by atoms with E-state index in [1.165, 1.54) is 50.1 Å². The summed E-state index contributed by atoms with van der Waals surface area (Å²) in [7, 11) is 0. The van der Waals surface area contributed by atoms with Gasteiger partial charge in [-0.05, 0) is 124 Å². The van der Waals surface area contributed by atoms with Gasteiger partial charge >= 0.3 is 0 Å². The second-order valence-electron chi connectivity index (χ2n) is 9.14. The highest BCUT2D eigenvalue weighted by molar-refractivity contribution is 5.83. The molecule has 1 N–H and O–H groups in total. The number of nitrogens with zero attached hydrogens (tertiary/aromatic N) is 1. The van der Waals surface area contributed by atoms with Crippen LogP contribution in [0, 0.1) is 27.7 Å². The summed E-state index contributed by atoms with van der Waals surface area (Å²) < 4.78 is 0. The van der Waals surface area contributed by atoms with E-state index in [1.54, 1.807) is 0 Å². The average Bonchev–Trinajstić information content (AvgIpc) is 2.78. The van der Waals surface area contributed by atoms with Gasteiger partial charge in [0.15, 0.2) is 5.75 Å². The summed E-state index contributed by atoms with van der Waals surface area (Å²) >= 11 is 0. The molecule has 0 amide bonds. The topological polar surface area (TPSA) is 33.6 Å². The molecule has 0 spiro atoms. The van der Waals surface area contributed by atoms with Gasteiger partial charge in [-0.3, -0.25) is 0 Å². The Morgan fingerprint density at radius 2 is 1.18 bits per heavy atom. The molecule has 0 unspecified atom stereocenters. The van der Waals surface area contributed by atoms with E-state index in [0.717, 1.165) is 23.7 Å². The molecule has 0 atom stereocenters. The van der Waals surface area contributed by atoms with Crippen LogP contribution in [0.1, 0.15) is 49.9 Å². The van der Waals surface area contributed by atoms with E-state index < -0.39 is 0 Å². The first kappa shape index (κ1) is 24.3. The lowest BCUT2D eigenvalue weighted by molar-refractivity contribution is 0.341. The SMILES string of the molecule is CC(C)=CCNc1ccc(-c2c(C)c(C)c(-c3ccc(ON=C(C)C)cc3)c(C)c2C)cc1. The van der Waals surface area contributed by atoms with E-state index in [0.29, 0.717) is 0 Å². The predicted octanol–water partition coefficient (Wildman–Crippen LogP) is 8.41. The zero-order valence-electron chi connectivity index (χ0n) is 21.3. The van der Waals surface area contributed by atoms with Crippen molar-refractivity contribution in [2.75, 3.05) is 11.9 Å². The minimum Gasteiger partial charge on any atom is -0.382 e. The Kier molecular flexibility index (Phi) is 7.75. The lowest BCUT2D eigenvalue weighted by Gasteiger charge is -2.21. The number of hydrogen-bond donors (Lipinski definition) is 1. The molecule has 0 saturated carbocycles. The molecule has 3 heteroatoms. The molecule has 0 radical (unpaired) electrons. The zero-order chi connectivity index (χ0) is 24.1. The third kappa shape index (κ3) is 5.73. The van der Waals surface area contributed by atoms with Crippen LogP contribution in [0.5, 0.6) is 5.75 Å². The van der Waals surface area contributed by atoms with E-state index in [2.05, 4.69) is 94.5 Å². The van der Waals surface area contributed by atoms with Crippen LogP contribution < -0.4 is 10.2 Å². The number of nitrogens with one attached hydrogen (secondary N) is 1. The molecule has 0 aliphatic heterocycles. The number of hydrogen-bond acceptors (Lipinski definition) is 3. The molecule has 33 heavy (non-hydrogen) atoms. The normalized spacial score (nSPS) is 10.5. The Morgan fingerprint density at radius 1 is 0.727 bits per heavy atom. The zero-order valence-corrected chi connectivity index (χ0v) is 21.3. The van der Waals surface area contributed by atoms with E-state index in [1.807, 2.05) is 26.0 Å². The van der Waals surface area contributed by atoms with E-state index in [-0.39, 0.29) is 0 Å². The first-order valence-electron chi connectivity index (χ1n) is 11.6. The number of rotatable bonds is 7. The van der Waals surface area contributed by atoms with E-state index in [4.69, 9.17) is 4.84 Å². The lowest BCUT2D eigenvalue weighted by atomic mass is 9.83. The summed E-state index contributed by atoms with van der Waals surface area (Å²) in [4.78, 5) is 5.47. The standard InChI is InChI=1S/C30H36N2O/c1-19(2)17-18-31-27-13-9-25(10-14-27)29-21(5)23(7)30(24(8)22(29)6)26-11-15-28(16-12-26)33-32-20(3)4/h9-17,31H,18H2,1-8H3. The average molecular weight is 441 g/mol. The Bertz CT molecular complexity index is 1150. The van der Waals surface area contributed by atoms with Gasteiger partial charge in [0, 0.05) is 12.2 Å². The van der Waals surface area contributed by atoms with Gasteiger partial charge in [-0.2, -0.15) is 0 Å². The Hall–Kier alpha value is -3.33. The van der Waals surface area contributed by atoms with Gasteiger partial charge < -0.3 is 10.2 Å². The molecule has 0 heterocycles. The summed E-state index contributed by atoms with van der Waals surface area (Å²) in [6.07, 6.45) is 2.20. The molecule has 0 aromatic heterocycles. The van der Waals surface area contributed by atoms with Gasteiger partial charge in [0.25, 0.3) is 0 Å². The Morgan fingerprint density at radius 3 is 1.61 bits per heavy atom. The lowest BCUT2D eigenvalue weighted by Crippen LogP contribution is -2.01. The molecule has 0 saturated heterocycles. The van der Waals surface area contributed by atoms with Crippen LogP contribution in [0.2, 0.25) is 0 Å². The molecule has 0 fully saturated rings. The van der Waals surface area contributed by atoms with Crippen molar-refractivity contribution < 1.29 is 4.84 Å². The molecule has 3 aromatic carbocycles. The maximum absolute atomic E-state index is 5.47. The van der Waals surface area contributed by atoms with Crippen molar-refractivity contribution in [3.8, 4) is 28.0 Å². The first-order chi connectivity index (χ1) is 15.7. The van der Waals surface area contributed by atoms with Crippen LogP contribution in [0.15, 0.2) is 65.3 Å². The van der Waals surface area contributed by atoms with Gasteiger partial charge in [0.2, 0.25) is 0 Å². The van der Waals surface area contributed by atoms with Gasteiger partial charge in [-0.15, -0.1) is 0 Å². The third-order valence-corrected chi connectivity index (χ3v) is 6.09. The summed E-state index contributed by atoms with van der Waals surface area (Å²) in [5, 5.41) is 7.51. The van der Waals surface area contributed by atoms with Crippen LogP contribution in [0.4, 0.5) is 5.69 Å². The number of anilines is 1. The van der Waals surface area contributed by atoms with Crippen LogP contribution in [0.3, 0.4) is 0 Å². The van der Waals surface area contributed by atoms with Crippen molar-refractivity contribution in [1.82, 2.24) is 0 Å². The van der Waals surface area contributed by atoms with Crippen LogP contribution in [0.25, 0.3) is 22.3 Å². The molecular formula is C30H36N2O. The van der Waals surface area contributed by atoms with Crippen molar-refractivity contribution in [3.05, 3.63) is 82.4 Å². The maximum Gasteiger partial charge on any atom is 0.157 e. The summed E-state index contributed by atoms with van der Waals surface area (Å²) in [6, 6.07) is 17.0. The minimum absolute atomic E-state index is 0.749. The largest absolute Gasteiger partial charge is 0.382 e. The number of oxime groups is 1. The monoisotopic (exact) mass is 440 g/mol. The van der Waals surface area contributed by atoms with Gasteiger partial charge in [-0.25, -0.2) is 0 Å². The molecule has 172 valence electrons. The quantitative estimate of drug-likeness (QED) is 0.227. The van der Waals surface area contributed by atoms with Crippen LogP contribution >= 0.6 is 0 Å². The summed E-state index contributed by atoms with van der Waals surface area (Å²) in [5.41, 5.74) is 13.7. The molecule has 0 aliphatic carbocycles. The smallest absolute Gasteiger partial charge is 0.157 e. The van der Waals surface area contributed by atoms with Crippen LogP contribution in [-0.4, -0.2) is 12.3 Å². The fraction of sp³-hybridized carbons (Fsp3) is 0.300.